The number of alkyl halides is 3. The van der Waals surface area contributed by atoms with Gasteiger partial charge in [0.1, 0.15) is 0 Å². The first-order chi connectivity index (χ1) is 10.9. The Labute approximate surface area is 135 Å². The normalized spacial score (nSPS) is 12.2. The highest BCUT2D eigenvalue weighted by Crippen LogP contribution is 2.33. The van der Waals surface area contributed by atoms with Gasteiger partial charge in [-0.2, -0.15) is 13.2 Å². The van der Waals surface area contributed by atoms with Gasteiger partial charge in [0, 0.05) is 17.0 Å². The van der Waals surface area contributed by atoms with E-state index >= 15 is 0 Å². The molecule has 2 rings (SSSR count). The number of nitrogens with zero attached hydrogens (tertiary/aromatic N) is 1. The maximum absolute atomic E-state index is 12.7. The van der Waals surface area contributed by atoms with Gasteiger partial charge in [-0.3, -0.25) is 10.1 Å². The quantitative estimate of drug-likeness (QED) is 0.636. The van der Waals surface area contributed by atoms with Crippen molar-refractivity contribution < 1.29 is 18.0 Å². The molecule has 0 aliphatic heterocycles. The zero-order chi connectivity index (χ0) is 16.9. The third-order valence-electron chi connectivity index (χ3n) is 2.77. The summed E-state index contributed by atoms with van der Waals surface area (Å²) in [5.74, 6) is -0.354. The highest BCUT2D eigenvalue weighted by molar-refractivity contribution is 7.14. The van der Waals surface area contributed by atoms with Crippen LogP contribution in [-0.4, -0.2) is 10.9 Å². The number of thiazole rings is 1. The number of rotatable bonds is 4. The van der Waals surface area contributed by atoms with E-state index < -0.39 is 11.7 Å². The van der Waals surface area contributed by atoms with Crippen molar-refractivity contribution in [3.8, 4) is 11.3 Å². The summed E-state index contributed by atoms with van der Waals surface area (Å²) in [4.78, 5) is 15.7. The van der Waals surface area contributed by atoms with Crippen LogP contribution in [0.15, 0.2) is 53.9 Å². The Kier molecular flexibility index (Phi) is 5.33. The van der Waals surface area contributed by atoms with Gasteiger partial charge < -0.3 is 0 Å². The number of hydrogen-bond donors (Lipinski definition) is 1. The van der Waals surface area contributed by atoms with E-state index in [0.29, 0.717) is 16.4 Å². The molecule has 1 aromatic carbocycles. The van der Waals surface area contributed by atoms with E-state index in [1.54, 1.807) is 29.7 Å². The summed E-state index contributed by atoms with van der Waals surface area (Å²) in [6.07, 6.45) is 2.00. The molecule has 2 aromatic rings. The minimum Gasteiger partial charge on any atom is -0.298 e. The molecule has 1 N–H and O–H groups in total. The van der Waals surface area contributed by atoms with E-state index in [4.69, 9.17) is 0 Å². The van der Waals surface area contributed by atoms with Gasteiger partial charge in [-0.1, -0.05) is 30.4 Å². The van der Waals surface area contributed by atoms with Crippen molar-refractivity contribution in [1.29, 1.82) is 0 Å². The number of anilines is 1. The van der Waals surface area contributed by atoms with Crippen LogP contribution >= 0.6 is 11.3 Å². The van der Waals surface area contributed by atoms with E-state index in [2.05, 4.69) is 10.3 Å². The molecule has 1 heterocycles. The van der Waals surface area contributed by atoms with Gasteiger partial charge in [0.2, 0.25) is 5.91 Å². The molecular formula is C16H13F3N2OS. The number of allylic oxidation sites excluding steroid dienone is 3. The molecule has 120 valence electrons. The Bertz CT molecular complexity index is 748. The molecule has 0 saturated heterocycles. The van der Waals surface area contributed by atoms with Crippen molar-refractivity contribution in [2.45, 2.75) is 13.1 Å². The molecule has 3 nitrogen and oxygen atoms in total. The van der Waals surface area contributed by atoms with Crippen LogP contribution in [0.3, 0.4) is 0 Å². The summed E-state index contributed by atoms with van der Waals surface area (Å²) in [6, 6.07) is 4.91. The first-order valence-electron chi connectivity index (χ1n) is 6.63. The first kappa shape index (κ1) is 17.0. The Hall–Kier alpha value is -2.41. The Balaban J connectivity index is 2.15. The molecule has 0 aliphatic rings. The highest BCUT2D eigenvalue weighted by atomic mass is 32.1. The van der Waals surface area contributed by atoms with Crippen LogP contribution in [-0.2, 0) is 11.0 Å². The number of aromatic nitrogens is 1. The monoisotopic (exact) mass is 338 g/mol. The summed E-state index contributed by atoms with van der Waals surface area (Å²) in [5.41, 5.74) is -0.00209. The lowest BCUT2D eigenvalue weighted by molar-refractivity contribution is -0.137. The molecule has 1 amide bonds. The van der Waals surface area contributed by atoms with Crippen LogP contribution in [0, 0.1) is 0 Å². The molecule has 0 radical (unpaired) electrons. The second kappa shape index (κ2) is 7.23. The summed E-state index contributed by atoms with van der Waals surface area (Å²) in [5, 5.41) is 4.49. The van der Waals surface area contributed by atoms with Gasteiger partial charge in [-0.15, -0.1) is 11.3 Å². The largest absolute Gasteiger partial charge is 0.416 e. The van der Waals surface area contributed by atoms with Crippen molar-refractivity contribution in [2.75, 3.05) is 5.32 Å². The zero-order valence-corrected chi connectivity index (χ0v) is 12.9. The highest BCUT2D eigenvalue weighted by Gasteiger charge is 2.30. The average Bonchev–Trinajstić information content (AvgIpc) is 2.95. The lowest BCUT2D eigenvalue weighted by atomic mass is 10.1. The van der Waals surface area contributed by atoms with E-state index in [0.717, 1.165) is 23.5 Å². The van der Waals surface area contributed by atoms with Gasteiger partial charge in [0.05, 0.1) is 11.3 Å². The van der Waals surface area contributed by atoms with Crippen LogP contribution in [0.4, 0.5) is 18.3 Å². The summed E-state index contributed by atoms with van der Waals surface area (Å²) in [6.45, 7) is 1.82. The predicted molar refractivity (Wildman–Crippen MR) is 85.1 cm³/mol. The van der Waals surface area contributed by atoms with Gasteiger partial charge in [0.15, 0.2) is 5.13 Å². The molecule has 0 atom stereocenters. The van der Waals surface area contributed by atoms with Gasteiger partial charge >= 0.3 is 6.18 Å². The SMILES string of the molecule is C/C=C/C=C/C(=O)Nc1nc(-c2cccc(C(F)(F)F)c2)cs1. The van der Waals surface area contributed by atoms with Gasteiger partial charge in [-0.05, 0) is 19.1 Å². The summed E-state index contributed by atoms with van der Waals surface area (Å²) >= 11 is 1.15. The van der Waals surface area contributed by atoms with E-state index in [9.17, 15) is 18.0 Å². The number of hydrogen-bond acceptors (Lipinski definition) is 3. The average molecular weight is 338 g/mol. The number of benzene rings is 1. The fourth-order valence-electron chi connectivity index (χ4n) is 1.72. The van der Waals surface area contributed by atoms with E-state index in [1.807, 2.05) is 6.92 Å². The van der Waals surface area contributed by atoms with E-state index in [-0.39, 0.29) is 5.91 Å². The fourth-order valence-corrected chi connectivity index (χ4v) is 2.44. The molecule has 0 bridgehead atoms. The maximum atomic E-state index is 12.7. The second-order valence-corrected chi connectivity index (χ2v) is 5.35. The van der Waals surface area contributed by atoms with Crippen molar-refractivity contribution in [3.05, 3.63) is 59.5 Å². The lowest BCUT2D eigenvalue weighted by Gasteiger charge is -2.07. The Morgan fingerprint density at radius 1 is 1.30 bits per heavy atom. The molecule has 7 heteroatoms. The minimum atomic E-state index is -4.40. The third-order valence-corrected chi connectivity index (χ3v) is 3.53. The topological polar surface area (TPSA) is 42.0 Å². The Morgan fingerprint density at radius 2 is 2.09 bits per heavy atom. The molecule has 1 aromatic heterocycles. The number of carbonyl (C=O) groups excluding carboxylic acids is 1. The number of halogens is 3. The molecule has 0 unspecified atom stereocenters. The van der Waals surface area contributed by atoms with Crippen molar-refractivity contribution >= 4 is 22.4 Å². The fraction of sp³-hybridized carbons (Fsp3) is 0.125. The molecule has 0 saturated carbocycles. The van der Waals surface area contributed by atoms with Gasteiger partial charge in [-0.25, -0.2) is 4.98 Å². The van der Waals surface area contributed by atoms with Crippen molar-refractivity contribution in [2.24, 2.45) is 0 Å². The first-order valence-corrected chi connectivity index (χ1v) is 7.51. The molecule has 0 fully saturated rings. The number of carbonyl (C=O) groups is 1. The summed E-state index contributed by atoms with van der Waals surface area (Å²) in [7, 11) is 0. The van der Waals surface area contributed by atoms with Crippen LogP contribution in [0.1, 0.15) is 12.5 Å². The molecule has 0 aliphatic carbocycles. The molecule has 0 spiro atoms. The van der Waals surface area contributed by atoms with Crippen LogP contribution in [0.25, 0.3) is 11.3 Å². The maximum Gasteiger partial charge on any atom is 0.416 e. The Morgan fingerprint density at radius 3 is 2.78 bits per heavy atom. The smallest absolute Gasteiger partial charge is 0.298 e. The van der Waals surface area contributed by atoms with E-state index in [1.165, 1.54) is 12.1 Å². The third kappa shape index (κ3) is 4.79. The number of nitrogens with one attached hydrogen (secondary N) is 1. The minimum absolute atomic E-state index is 0.326. The van der Waals surface area contributed by atoms with Crippen LogP contribution in [0.2, 0.25) is 0 Å². The molecule has 23 heavy (non-hydrogen) atoms. The standard InChI is InChI=1S/C16H13F3N2OS/c1-2-3-4-8-14(22)21-15-20-13(10-23-15)11-6-5-7-12(9-11)16(17,18)19/h2-10H,1H3,(H,20,21,22)/b3-2+,8-4+. The predicted octanol–water partition coefficient (Wildman–Crippen LogP) is 4.90. The van der Waals surface area contributed by atoms with Crippen molar-refractivity contribution in [1.82, 2.24) is 4.98 Å². The van der Waals surface area contributed by atoms with Crippen LogP contribution in [0.5, 0.6) is 0 Å². The molecular weight excluding hydrogens is 325 g/mol. The van der Waals surface area contributed by atoms with Crippen LogP contribution < -0.4 is 5.32 Å². The zero-order valence-electron chi connectivity index (χ0n) is 12.1. The second-order valence-electron chi connectivity index (χ2n) is 4.49. The summed E-state index contributed by atoms with van der Waals surface area (Å²) < 4.78 is 38.2. The lowest BCUT2D eigenvalue weighted by Crippen LogP contribution is -2.07. The van der Waals surface area contributed by atoms with Crippen molar-refractivity contribution in [3.63, 3.8) is 0 Å². The van der Waals surface area contributed by atoms with Gasteiger partial charge in [0.25, 0.3) is 0 Å². The number of amides is 1.